The fourth-order valence-electron chi connectivity index (χ4n) is 0.614. The number of hydrogen-bond acceptors (Lipinski definition) is 2. The largest absolute Gasteiger partial charge is 0.331 e. The molecule has 1 rings (SSSR count). The van der Waals surface area contributed by atoms with Crippen LogP contribution in [0.5, 0.6) is 0 Å². The minimum absolute atomic E-state index is 0.640. The molecule has 0 aromatic heterocycles. The first-order valence-electron chi connectivity index (χ1n) is 4.79. The third-order valence-corrected chi connectivity index (χ3v) is 1.08. The summed E-state index contributed by atoms with van der Waals surface area (Å²) in [5.41, 5.74) is 11.4. The third-order valence-electron chi connectivity index (χ3n) is 1.08. The summed E-state index contributed by atoms with van der Waals surface area (Å²) in [5, 5.41) is 0. The Kier molecular flexibility index (Phi) is 15.5. The fraction of sp³-hybridized carbons (Fsp3) is 0.455. The van der Waals surface area contributed by atoms with E-state index in [9.17, 15) is 0 Å². The maximum absolute atomic E-state index is 5.35. The van der Waals surface area contributed by atoms with Crippen LogP contribution >= 0.6 is 0 Å². The van der Waals surface area contributed by atoms with Crippen molar-refractivity contribution in [3.05, 3.63) is 35.9 Å². The molecule has 2 nitrogen and oxygen atoms in total. The van der Waals surface area contributed by atoms with Crippen molar-refractivity contribution in [1.29, 1.82) is 0 Å². The van der Waals surface area contributed by atoms with Crippen molar-refractivity contribution in [1.82, 2.24) is 0 Å². The van der Waals surface area contributed by atoms with E-state index in [0.29, 0.717) is 6.54 Å². The second-order valence-electron chi connectivity index (χ2n) is 2.10. The van der Waals surface area contributed by atoms with Gasteiger partial charge in [0.15, 0.2) is 0 Å². The lowest BCUT2D eigenvalue weighted by molar-refractivity contribution is 1.07. The van der Waals surface area contributed by atoms with E-state index in [4.69, 9.17) is 11.5 Å². The molecule has 0 aliphatic rings. The molecule has 1 aromatic rings. The van der Waals surface area contributed by atoms with Gasteiger partial charge in [0.2, 0.25) is 0 Å². The van der Waals surface area contributed by atoms with Gasteiger partial charge in [-0.2, -0.15) is 0 Å². The molecule has 0 aliphatic heterocycles. The summed E-state index contributed by atoms with van der Waals surface area (Å²) in [7, 11) is 0. The molecular formula is C11H22N2. The summed E-state index contributed by atoms with van der Waals surface area (Å²) in [6.07, 6.45) is 0. The maximum Gasteiger partial charge on any atom is 0.0178 e. The smallest absolute Gasteiger partial charge is 0.0178 e. The molecule has 0 saturated heterocycles. The predicted octanol–water partition coefficient (Wildman–Crippen LogP) is 2.14. The zero-order valence-corrected chi connectivity index (χ0v) is 8.96. The lowest BCUT2D eigenvalue weighted by Crippen LogP contribution is -1.94. The Labute approximate surface area is 81.9 Å². The minimum atomic E-state index is 0.640. The first-order valence-corrected chi connectivity index (χ1v) is 4.79. The van der Waals surface area contributed by atoms with Crippen LogP contribution in [0.3, 0.4) is 0 Å². The van der Waals surface area contributed by atoms with Crippen molar-refractivity contribution in [3.8, 4) is 0 Å². The van der Waals surface area contributed by atoms with Crippen molar-refractivity contribution in [2.24, 2.45) is 11.5 Å². The standard InChI is InChI=1S/C7H9N.C2H7N.C2H6/c8-6-7-4-2-1-3-5-7;1-2-3;1-2/h1-5H,6,8H2;2-3H2,1H3;1-2H3. The molecule has 13 heavy (non-hydrogen) atoms. The molecule has 0 amide bonds. The molecule has 0 spiro atoms. The van der Waals surface area contributed by atoms with Crippen LogP contribution in [0.2, 0.25) is 0 Å². The quantitative estimate of drug-likeness (QED) is 0.699. The van der Waals surface area contributed by atoms with Crippen LogP contribution < -0.4 is 11.5 Å². The maximum atomic E-state index is 5.35. The highest BCUT2D eigenvalue weighted by Crippen LogP contribution is 1.94. The van der Waals surface area contributed by atoms with Gasteiger partial charge in [0.25, 0.3) is 0 Å². The SMILES string of the molecule is CC.CCN.NCc1ccccc1. The van der Waals surface area contributed by atoms with Gasteiger partial charge in [-0.25, -0.2) is 0 Å². The average molecular weight is 182 g/mol. The number of rotatable bonds is 1. The molecule has 0 saturated carbocycles. The Morgan fingerprint density at radius 3 is 1.62 bits per heavy atom. The number of nitrogens with two attached hydrogens (primary N) is 2. The Morgan fingerprint density at radius 1 is 1.00 bits per heavy atom. The van der Waals surface area contributed by atoms with E-state index in [2.05, 4.69) is 0 Å². The zero-order valence-electron chi connectivity index (χ0n) is 8.96. The Bertz CT molecular complexity index is 161. The zero-order chi connectivity index (χ0) is 10.5. The first kappa shape index (κ1) is 14.7. The molecule has 0 aliphatic carbocycles. The van der Waals surface area contributed by atoms with E-state index in [1.807, 2.05) is 51.1 Å². The van der Waals surface area contributed by atoms with Gasteiger partial charge in [0.05, 0.1) is 0 Å². The summed E-state index contributed by atoms with van der Waals surface area (Å²) >= 11 is 0. The highest BCUT2D eigenvalue weighted by atomic mass is 14.5. The van der Waals surface area contributed by atoms with Crippen LogP contribution in [-0.2, 0) is 6.54 Å². The van der Waals surface area contributed by atoms with Crippen LogP contribution in [0.4, 0.5) is 0 Å². The monoisotopic (exact) mass is 182 g/mol. The summed E-state index contributed by atoms with van der Waals surface area (Å²) in [6.45, 7) is 7.29. The Balaban J connectivity index is 0. The van der Waals surface area contributed by atoms with Gasteiger partial charge in [0, 0.05) is 6.54 Å². The molecular weight excluding hydrogens is 160 g/mol. The van der Waals surface area contributed by atoms with Crippen LogP contribution in [0, 0.1) is 0 Å². The van der Waals surface area contributed by atoms with Crippen LogP contribution in [-0.4, -0.2) is 6.54 Å². The third kappa shape index (κ3) is 11.1. The molecule has 2 heteroatoms. The van der Waals surface area contributed by atoms with Gasteiger partial charge < -0.3 is 11.5 Å². The molecule has 0 fully saturated rings. The summed E-state index contributed by atoms with van der Waals surface area (Å²) in [5.74, 6) is 0. The van der Waals surface area contributed by atoms with Crippen molar-refractivity contribution in [2.75, 3.05) is 6.54 Å². The lowest BCUT2D eigenvalue weighted by atomic mass is 10.2. The number of benzene rings is 1. The van der Waals surface area contributed by atoms with E-state index >= 15 is 0 Å². The van der Waals surface area contributed by atoms with E-state index in [0.717, 1.165) is 6.54 Å². The lowest BCUT2D eigenvalue weighted by Gasteiger charge is -1.90. The second-order valence-corrected chi connectivity index (χ2v) is 2.10. The van der Waals surface area contributed by atoms with Crippen molar-refractivity contribution < 1.29 is 0 Å². The molecule has 1 aromatic carbocycles. The van der Waals surface area contributed by atoms with Gasteiger partial charge >= 0.3 is 0 Å². The van der Waals surface area contributed by atoms with E-state index in [1.165, 1.54) is 5.56 Å². The van der Waals surface area contributed by atoms with Crippen LogP contribution in [0.15, 0.2) is 30.3 Å². The topological polar surface area (TPSA) is 52.0 Å². The van der Waals surface area contributed by atoms with E-state index < -0.39 is 0 Å². The molecule has 0 radical (unpaired) electrons. The Morgan fingerprint density at radius 2 is 1.38 bits per heavy atom. The molecule has 76 valence electrons. The van der Waals surface area contributed by atoms with Crippen molar-refractivity contribution >= 4 is 0 Å². The minimum Gasteiger partial charge on any atom is -0.331 e. The average Bonchev–Trinajstić information content (AvgIpc) is 2.23. The van der Waals surface area contributed by atoms with Gasteiger partial charge in [-0.3, -0.25) is 0 Å². The fourth-order valence-corrected chi connectivity index (χ4v) is 0.614. The summed E-state index contributed by atoms with van der Waals surface area (Å²) in [6, 6.07) is 9.99. The van der Waals surface area contributed by atoms with Crippen molar-refractivity contribution in [2.45, 2.75) is 27.3 Å². The molecule has 0 bridgehead atoms. The van der Waals surface area contributed by atoms with Gasteiger partial charge in [0.1, 0.15) is 0 Å². The summed E-state index contributed by atoms with van der Waals surface area (Å²) < 4.78 is 0. The molecule has 4 N–H and O–H groups in total. The first-order chi connectivity index (χ1) is 6.35. The molecule has 0 heterocycles. The second kappa shape index (κ2) is 13.7. The van der Waals surface area contributed by atoms with Gasteiger partial charge in [-0.15, -0.1) is 0 Å². The Hall–Kier alpha value is -0.860. The predicted molar refractivity (Wildman–Crippen MR) is 60.4 cm³/mol. The van der Waals surface area contributed by atoms with Crippen LogP contribution in [0.1, 0.15) is 26.3 Å². The van der Waals surface area contributed by atoms with E-state index in [1.54, 1.807) is 0 Å². The normalized spacial score (nSPS) is 7.46. The summed E-state index contributed by atoms with van der Waals surface area (Å²) in [4.78, 5) is 0. The van der Waals surface area contributed by atoms with Crippen molar-refractivity contribution in [3.63, 3.8) is 0 Å². The highest BCUT2D eigenvalue weighted by Gasteiger charge is 1.80. The van der Waals surface area contributed by atoms with Gasteiger partial charge in [-0.1, -0.05) is 51.1 Å². The van der Waals surface area contributed by atoms with Crippen LogP contribution in [0.25, 0.3) is 0 Å². The molecule has 0 unspecified atom stereocenters. The highest BCUT2D eigenvalue weighted by molar-refractivity contribution is 5.13. The molecule has 0 atom stereocenters. The number of hydrogen-bond donors (Lipinski definition) is 2. The van der Waals surface area contributed by atoms with E-state index in [-0.39, 0.29) is 0 Å². The van der Waals surface area contributed by atoms with Gasteiger partial charge in [-0.05, 0) is 12.1 Å².